The average molecular weight is 303 g/mol. The van der Waals surface area contributed by atoms with Crippen LogP contribution in [0.4, 0.5) is 14.5 Å². The van der Waals surface area contributed by atoms with E-state index in [1.54, 1.807) is 12.1 Å². The molecule has 0 aliphatic carbocycles. The summed E-state index contributed by atoms with van der Waals surface area (Å²) in [7, 11) is 0. The number of aryl methyl sites for hydroxylation is 2. The van der Waals surface area contributed by atoms with Crippen LogP contribution >= 0.6 is 0 Å². The maximum Gasteiger partial charge on any atom is 0.387 e. The fourth-order valence-corrected chi connectivity index (χ4v) is 3.20. The highest BCUT2D eigenvalue weighted by Crippen LogP contribution is 2.39. The number of alkyl halides is 2. The van der Waals surface area contributed by atoms with Crippen LogP contribution < -0.4 is 10.1 Å². The van der Waals surface area contributed by atoms with Crippen molar-refractivity contribution in [2.75, 3.05) is 5.32 Å². The maximum atomic E-state index is 12.7. The van der Waals surface area contributed by atoms with Gasteiger partial charge in [-0.3, -0.25) is 0 Å². The monoisotopic (exact) mass is 303 g/mol. The lowest BCUT2D eigenvalue weighted by atomic mass is 9.94. The highest BCUT2D eigenvalue weighted by atomic mass is 19.3. The number of rotatable bonds is 3. The largest absolute Gasteiger partial charge is 0.434 e. The zero-order valence-corrected chi connectivity index (χ0v) is 12.9. The summed E-state index contributed by atoms with van der Waals surface area (Å²) in [6.45, 7) is 3.27. The first kappa shape index (κ1) is 14.8. The average Bonchev–Trinajstić information content (AvgIpc) is 2.79. The fraction of sp³-hybridized carbons (Fsp3) is 0.333. The van der Waals surface area contributed by atoms with Gasteiger partial charge in [-0.05, 0) is 67.6 Å². The van der Waals surface area contributed by atoms with Gasteiger partial charge in [0.25, 0.3) is 0 Å². The van der Waals surface area contributed by atoms with E-state index in [1.165, 1.54) is 11.3 Å². The molecule has 0 radical (unpaired) electrons. The molecule has 3 rings (SSSR count). The molecule has 0 spiro atoms. The summed E-state index contributed by atoms with van der Waals surface area (Å²) < 4.78 is 30.0. The van der Waals surface area contributed by atoms with Crippen LogP contribution in [0.25, 0.3) is 11.1 Å². The summed E-state index contributed by atoms with van der Waals surface area (Å²) in [5.74, 6) is 0.230. The Morgan fingerprint density at radius 1 is 1.18 bits per heavy atom. The Bertz CT molecular complexity index is 712. The molecule has 2 aromatic carbocycles. The van der Waals surface area contributed by atoms with E-state index in [0.29, 0.717) is 6.04 Å². The predicted octanol–water partition coefficient (Wildman–Crippen LogP) is 4.93. The van der Waals surface area contributed by atoms with Crippen LogP contribution in [0.1, 0.15) is 23.6 Å². The summed E-state index contributed by atoms with van der Waals surface area (Å²) in [5, 5.41) is 3.45. The number of nitrogens with one attached hydrogen (secondary N) is 1. The number of hydrogen-bond acceptors (Lipinski definition) is 2. The quantitative estimate of drug-likeness (QED) is 0.868. The van der Waals surface area contributed by atoms with Crippen molar-refractivity contribution in [2.45, 2.75) is 39.8 Å². The Morgan fingerprint density at radius 2 is 1.95 bits per heavy atom. The van der Waals surface area contributed by atoms with E-state index in [2.05, 4.69) is 18.3 Å². The second-order valence-corrected chi connectivity index (χ2v) is 5.90. The lowest BCUT2D eigenvalue weighted by Crippen LogP contribution is -2.08. The molecule has 22 heavy (non-hydrogen) atoms. The highest BCUT2D eigenvalue weighted by Gasteiger charge is 2.21. The van der Waals surface area contributed by atoms with Crippen molar-refractivity contribution in [3.05, 3.63) is 47.0 Å². The van der Waals surface area contributed by atoms with Crippen LogP contribution in [0.15, 0.2) is 30.3 Å². The molecule has 4 heteroatoms. The maximum absolute atomic E-state index is 12.7. The van der Waals surface area contributed by atoms with E-state index in [-0.39, 0.29) is 5.75 Å². The molecule has 116 valence electrons. The van der Waals surface area contributed by atoms with Gasteiger partial charge in [0.15, 0.2) is 0 Å². The lowest BCUT2D eigenvalue weighted by Gasteiger charge is -2.15. The summed E-state index contributed by atoms with van der Waals surface area (Å²) >= 11 is 0. The van der Waals surface area contributed by atoms with Crippen molar-refractivity contribution in [1.29, 1.82) is 0 Å². The van der Waals surface area contributed by atoms with Crippen molar-refractivity contribution in [3.8, 4) is 16.9 Å². The molecule has 0 bridgehead atoms. The first-order valence-electron chi connectivity index (χ1n) is 7.40. The molecule has 0 amide bonds. The molecule has 0 saturated carbocycles. The topological polar surface area (TPSA) is 21.3 Å². The van der Waals surface area contributed by atoms with E-state index in [0.717, 1.165) is 28.7 Å². The van der Waals surface area contributed by atoms with Crippen molar-refractivity contribution < 1.29 is 13.5 Å². The zero-order chi connectivity index (χ0) is 15.9. The van der Waals surface area contributed by atoms with Gasteiger partial charge in [0, 0.05) is 17.3 Å². The molecule has 1 N–H and O–H groups in total. The van der Waals surface area contributed by atoms with Crippen molar-refractivity contribution in [1.82, 2.24) is 0 Å². The number of benzene rings is 2. The van der Waals surface area contributed by atoms with E-state index in [1.807, 2.05) is 26.0 Å². The molecule has 2 aromatic rings. The van der Waals surface area contributed by atoms with Gasteiger partial charge in [-0.25, -0.2) is 0 Å². The van der Waals surface area contributed by atoms with Crippen LogP contribution in [-0.2, 0) is 6.42 Å². The molecule has 1 aliphatic heterocycles. The molecular weight excluding hydrogens is 284 g/mol. The SMILES string of the molecule is Cc1cc(-c2c(C)cccc2OC(F)F)cc2c1NC(C)C2. The minimum atomic E-state index is -2.82. The van der Waals surface area contributed by atoms with Crippen molar-refractivity contribution in [2.24, 2.45) is 0 Å². The summed E-state index contributed by atoms with van der Waals surface area (Å²) in [6, 6.07) is 9.76. The molecule has 1 aliphatic rings. The normalized spacial score (nSPS) is 16.5. The molecule has 1 heterocycles. The predicted molar refractivity (Wildman–Crippen MR) is 84.8 cm³/mol. The lowest BCUT2D eigenvalue weighted by molar-refractivity contribution is -0.0494. The van der Waals surface area contributed by atoms with Crippen LogP contribution in [0.3, 0.4) is 0 Å². The number of anilines is 1. The van der Waals surface area contributed by atoms with Gasteiger partial charge in [0.05, 0.1) is 0 Å². The Hall–Kier alpha value is -2.10. The van der Waals surface area contributed by atoms with Crippen LogP contribution in [0.5, 0.6) is 5.75 Å². The summed E-state index contributed by atoms with van der Waals surface area (Å²) in [4.78, 5) is 0. The number of fused-ring (bicyclic) bond motifs is 1. The van der Waals surface area contributed by atoms with Gasteiger partial charge >= 0.3 is 6.61 Å². The number of hydrogen-bond donors (Lipinski definition) is 1. The molecule has 1 atom stereocenters. The van der Waals surface area contributed by atoms with Crippen molar-refractivity contribution >= 4 is 5.69 Å². The van der Waals surface area contributed by atoms with Gasteiger partial charge in [-0.15, -0.1) is 0 Å². The smallest absolute Gasteiger partial charge is 0.387 e. The van der Waals surface area contributed by atoms with Gasteiger partial charge in [0.2, 0.25) is 0 Å². The summed E-state index contributed by atoms with van der Waals surface area (Å²) in [6.07, 6.45) is 0.945. The second kappa shape index (κ2) is 5.59. The van der Waals surface area contributed by atoms with Crippen LogP contribution in [-0.4, -0.2) is 12.7 Å². The van der Waals surface area contributed by atoms with E-state index in [9.17, 15) is 8.78 Å². The molecular formula is C18H19F2NO. The van der Waals surface area contributed by atoms with Gasteiger partial charge in [-0.2, -0.15) is 8.78 Å². The minimum Gasteiger partial charge on any atom is -0.434 e. The molecule has 2 nitrogen and oxygen atoms in total. The zero-order valence-electron chi connectivity index (χ0n) is 12.9. The van der Waals surface area contributed by atoms with Crippen LogP contribution in [0.2, 0.25) is 0 Å². The first-order chi connectivity index (χ1) is 10.5. The number of ether oxygens (including phenoxy) is 1. The first-order valence-corrected chi connectivity index (χ1v) is 7.40. The second-order valence-electron chi connectivity index (χ2n) is 5.90. The Morgan fingerprint density at radius 3 is 2.68 bits per heavy atom. The molecule has 1 unspecified atom stereocenters. The standard InChI is InChI=1S/C18H19F2NO/c1-10-5-4-6-15(22-18(19)20)16(10)13-7-11(2)17-14(9-13)8-12(3)21-17/h4-7,9,12,18,21H,8H2,1-3H3. The van der Waals surface area contributed by atoms with Gasteiger partial charge < -0.3 is 10.1 Å². The highest BCUT2D eigenvalue weighted by molar-refractivity contribution is 5.78. The Balaban J connectivity index is 2.13. The Kier molecular flexibility index (Phi) is 3.77. The fourth-order valence-electron chi connectivity index (χ4n) is 3.20. The third-order valence-corrected chi connectivity index (χ3v) is 4.07. The van der Waals surface area contributed by atoms with E-state index >= 15 is 0 Å². The molecule has 0 saturated heterocycles. The minimum absolute atomic E-state index is 0.230. The number of halogens is 2. The third kappa shape index (κ3) is 2.65. The van der Waals surface area contributed by atoms with E-state index < -0.39 is 6.61 Å². The summed E-state index contributed by atoms with van der Waals surface area (Å²) in [5.41, 5.74) is 6.13. The van der Waals surface area contributed by atoms with Gasteiger partial charge in [0.1, 0.15) is 5.75 Å². The molecule has 0 fully saturated rings. The van der Waals surface area contributed by atoms with Crippen molar-refractivity contribution in [3.63, 3.8) is 0 Å². The van der Waals surface area contributed by atoms with E-state index in [4.69, 9.17) is 4.74 Å². The van der Waals surface area contributed by atoms with Crippen LogP contribution in [0, 0.1) is 13.8 Å². The Labute approximate surface area is 129 Å². The molecule has 0 aromatic heterocycles. The third-order valence-electron chi connectivity index (χ3n) is 4.07. The van der Waals surface area contributed by atoms with Gasteiger partial charge in [-0.1, -0.05) is 12.1 Å².